The van der Waals surface area contributed by atoms with Crippen LogP contribution in [0.3, 0.4) is 0 Å². The Hall–Kier alpha value is -5.82. The highest BCUT2D eigenvalue weighted by Crippen LogP contribution is 2.37. The molecule has 0 radical (unpaired) electrons. The molecular formula is C47H40N4OS. The fraction of sp³-hybridized carbons (Fsp3) is 0.149. The number of nitrogens with one attached hydrogen (secondary N) is 4. The Morgan fingerprint density at radius 1 is 0.528 bits per heavy atom. The van der Waals surface area contributed by atoms with Crippen LogP contribution in [0, 0.1) is 0 Å². The first-order valence-electron chi connectivity index (χ1n) is 18.5. The second kappa shape index (κ2) is 14.3. The van der Waals surface area contributed by atoms with Crippen molar-refractivity contribution in [3.63, 3.8) is 0 Å². The maximum absolute atomic E-state index is 13.6. The number of unbranched alkanes of at least 4 members (excludes halogenated alkanes) is 1. The zero-order valence-electron chi connectivity index (χ0n) is 29.4. The van der Waals surface area contributed by atoms with Gasteiger partial charge in [0, 0.05) is 6.54 Å². The van der Waals surface area contributed by atoms with Crippen LogP contribution in [0.2, 0.25) is 0 Å². The third kappa shape index (κ3) is 6.45. The minimum atomic E-state index is -0.417. The summed E-state index contributed by atoms with van der Waals surface area (Å²) in [5.74, 6) is -0.146. The zero-order valence-corrected chi connectivity index (χ0v) is 30.2. The number of hydrazine groups is 1. The van der Waals surface area contributed by atoms with Crippen LogP contribution in [-0.2, 0) is 24.2 Å². The van der Waals surface area contributed by atoms with Crippen LogP contribution in [0.1, 0.15) is 29.5 Å². The van der Waals surface area contributed by atoms with Crippen molar-refractivity contribution < 1.29 is 4.79 Å². The molecule has 9 aromatic rings. The monoisotopic (exact) mass is 708 g/mol. The number of amides is 1. The number of rotatable bonds is 11. The Morgan fingerprint density at radius 3 is 1.68 bits per heavy atom. The molecule has 0 spiro atoms. The summed E-state index contributed by atoms with van der Waals surface area (Å²) in [6.45, 7) is 1.27. The van der Waals surface area contributed by atoms with Crippen LogP contribution in [0.25, 0.3) is 64.6 Å². The molecule has 0 aliphatic rings. The number of hydrogen-bond donors (Lipinski definition) is 4. The molecule has 5 nitrogen and oxygen atoms in total. The van der Waals surface area contributed by atoms with E-state index in [1.165, 1.54) is 70.2 Å². The van der Waals surface area contributed by atoms with Gasteiger partial charge in [-0.3, -0.25) is 15.6 Å². The molecular weight excluding hydrogens is 669 g/mol. The van der Waals surface area contributed by atoms with Crippen LogP contribution in [0.4, 0.5) is 0 Å². The summed E-state index contributed by atoms with van der Waals surface area (Å²) < 4.78 is 0. The average molecular weight is 709 g/mol. The second-order valence-corrected chi connectivity index (χ2v) is 14.5. The van der Waals surface area contributed by atoms with E-state index in [1.54, 1.807) is 0 Å². The van der Waals surface area contributed by atoms with Gasteiger partial charge in [0.05, 0.1) is 6.04 Å². The van der Waals surface area contributed by atoms with E-state index in [1.807, 2.05) is 18.2 Å². The largest absolute Gasteiger partial charge is 0.357 e. The SMILES string of the molecule is O=C(NNC(=S)NCc1ccc2ccc3cccc4ccc1c2c34)[C@H](Cc1ccccc1)NCCCCc1ccc2ccc3cccc4ccc1c2c34. The van der Waals surface area contributed by atoms with Crippen LogP contribution < -0.4 is 21.5 Å². The number of benzene rings is 9. The van der Waals surface area contributed by atoms with E-state index in [0.29, 0.717) is 18.1 Å². The number of hydrogen-bond acceptors (Lipinski definition) is 3. The lowest BCUT2D eigenvalue weighted by atomic mass is 9.90. The van der Waals surface area contributed by atoms with Crippen LogP contribution in [0.5, 0.6) is 0 Å². The van der Waals surface area contributed by atoms with E-state index < -0.39 is 6.04 Å². The van der Waals surface area contributed by atoms with Gasteiger partial charge in [-0.1, -0.05) is 140 Å². The van der Waals surface area contributed by atoms with E-state index in [4.69, 9.17) is 12.2 Å². The number of aryl methyl sites for hydroxylation is 1. The first-order chi connectivity index (χ1) is 26.1. The van der Waals surface area contributed by atoms with Gasteiger partial charge in [0.25, 0.3) is 5.91 Å². The lowest BCUT2D eigenvalue weighted by molar-refractivity contribution is -0.123. The van der Waals surface area contributed by atoms with Crippen LogP contribution in [-0.4, -0.2) is 23.6 Å². The first kappa shape index (κ1) is 33.0. The standard InChI is InChI=1S/C47H40N4OS/c52-46(50-51-47(53)49-29-38-22-21-37-20-18-33-12-7-14-35-24-26-40(38)45(37)43(33)35)41(28-30-8-2-1-3-9-30)48-27-5-4-10-31-15-16-36-19-17-32-11-6-13-34-23-25-39(31)44(36)42(32)34/h1-3,6-9,11-26,41,48H,4-5,10,27-29H2,(H,50,52)(H2,49,51,53)/t41-/m0/s1. The topological polar surface area (TPSA) is 65.2 Å². The van der Waals surface area contributed by atoms with Gasteiger partial charge in [-0.05, 0) is 126 Å². The number of carbonyl (C=O) groups excluding carboxylic acids is 1. The van der Waals surface area contributed by atoms with Crippen molar-refractivity contribution >= 4 is 87.9 Å². The van der Waals surface area contributed by atoms with Crippen molar-refractivity contribution in [2.45, 2.75) is 38.3 Å². The van der Waals surface area contributed by atoms with Gasteiger partial charge >= 0.3 is 0 Å². The van der Waals surface area contributed by atoms with Gasteiger partial charge in [0.2, 0.25) is 0 Å². The minimum absolute atomic E-state index is 0.146. The fourth-order valence-electron chi connectivity index (χ4n) is 8.21. The van der Waals surface area contributed by atoms with Crippen LogP contribution >= 0.6 is 12.2 Å². The number of thiocarbonyl (C=S) groups is 1. The molecule has 0 saturated carbocycles. The van der Waals surface area contributed by atoms with Gasteiger partial charge in [-0.2, -0.15) is 0 Å². The minimum Gasteiger partial charge on any atom is -0.357 e. The summed E-state index contributed by atoms with van der Waals surface area (Å²) in [5.41, 5.74) is 9.46. The fourth-order valence-corrected chi connectivity index (χ4v) is 8.34. The maximum atomic E-state index is 13.6. The van der Waals surface area contributed by atoms with Crippen molar-refractivity contribution in [3.05, 3.63) is 156 Å². The lowest BCUT2D eigenvalue weighted by Gasteiger charge is -2.20. The Kier molecular flexibility index (Phi) is 8.92. The predicted octanol–water partition coefficient (Wildman–Crippen LogP) is 9.70. The van der Waals surface area contributed by atoms with Crippen molar-refractivity contribution in [2.75, 3.05) is 6.54 Å². The molecule has 9 rings (SSSR count). The summed E-state index contributed by atoms with van der Waals surface area (Å²) in [6, 6.07) is 49.4. The summed E-state index contributed by atoms with van der Waals surface area (Å²) in [5, 5.41) is 22.7. The molecule has 0 aromatic heterocycles. The molecule has 0 bridgehead atoms. The molecule has 0 aliphatic carbocycles. The molecule has 0 saturated heterocycles. The average Bonchev–Trinajstić information content (AvgIpc) is 3.20. The van der Waals surface area contributed by atoms with Crippen molar-refractivity contribution in [1.82, 2.24) is 21.5 Å². The molecule has 0 fully saturated rings. The summed E-state index contributed by atoms with van der Waals surface area (Å²) in [7, 11) is 0. The van der Waals surface area contributed by atoms with Gasteiger partial charge in [0.15, 0.2) is 5.11 Å². The molecule has 0 aliphatic heterocycles. The quantitative estimate of drug-likeness (QED) is 0.0467. The van der Waals surface area contributed by atoms with E-state index in [0.717, 1.165) is 36.9 Å². The summed E-state index contributed by atoms with van der Waals surface area (Å²) in [4.78, 5) is 13.6. The molecule has 6 heteroatoms. The summed E-state index contributed by atoms with van der Waals surface area (Å²) >= 11 is 5.62. The molecule has 0 unspecified atom stereocenters. The normalized spacial score (nSPS) is 12.4. The Morgan fingerprint density at radius 2 is 1.06 bits per heavy atom. The molecule has 9 aromatic carbocycles. The smallest absolute Gasteiger partial charge is 0.255 e. The molecule has 53 heavy (non-hydrogen) atoms. The second-order valence-electron chi connectivity index (χ2n) is 14.1. The van der Waals surface area contributed by atoms with Crippen LogP contribution in [0.15, 0.2) is 140 Å². The van der Waals surface area contributed by atoms with Crippen molar-refractivity contribution in [2.24, 2.45) is 0 Å². The third-order valence-corrected chi connectivity index (χ3v) is 11.1. The van der Waals surface area contributed by atoms with Gasteiger partial charge in [-0.15, -0.1) is 0 Å². The third-order valence-electron chi connectivity index (χ3n) is 10.8. The van der Waals surface area contributed by atoms with Gasteiger partial charge in [-0.25, -0.2) is 0 Å². The Balaban J connectivity index is 0.821. The van der Waals surface area contributed by atoms with Crippen molar-refractivity contribution in [1.29, 1.82) is 0 Å². The van der Waals surface area contributed by atoms with Gasteiger partial charge in [0.1, 0.15) is 0 Å². The van der Waals surface area contributed by atoms with E-state index >= 15 is 0 Å². The van der Waals surface area contributed by atoms with E-state index in [2.05, 4.69) is 143 Å². The predicted molar refractivity (Wildman–Crippen MR) is 226 cm³/mol. The van der Waals surface area contributed by atoms with Crippen molar-refractivity contribution in [3.8, 4) is 0 Å². The highest BCUT2D eigenvalue weighted by atomic mass is 32.1. The molecule has 1 amide bonds. The molecule has 4 N–H and O–H groups in total. The Bertz CT molecular complexity index is 2710. The molecule has 260 valence electrons. The lowest BCUT2D eigenvalue weighted by Crippen LogP contribution is -2.53. The molecule has 1 atom stereocenters. The first-order valence-corrected chi connectivity index (χ1v) is 18.9. The van der Waals surface area contributed by atoms with Gasteiger partial charge < -0.3 is 10.6 Å². The Labute approximate surface area is 314 Å². The summed E-state index contributed by atoms with van der Waals surface area (Å²) in [6.07, 6.45) is 3.53. The zero-order chi connectivity index (χ0) is 35.7. The maximum Gasteiger partial charge on any atom is 0.255 e. The van der Waals surface area contributed by atoms with E-state index in [9.17, 15) is 4.79 Å². The highest BCUT2D eigenvalue weighted by Gasteiger charge is 2.19. The van der Waals surface area contributed by atoms with E-state index in [-0.39, 0.29) is 5.91 Å². The molecule has 0 heterocycles. The highest BCUT2D eigenvalue weighted by molar-refractivity contribution is 7.80. The number of carbonyl (C=O) groups is 1.